The van der Waals surface area contributed by atoms with Gasteiger partial charge < -0.3 is 0 Å². The lowest BCUT2D eigenvalue weighted by Gasteiger charge is -2.27. The molecule has 2 aliphatic carbocycles. The molecule has 0 aliphatic heterocycles. The number of hydrogen-bond acceptors (Lipinski definition) is 4. The maximum atomic E-state index is 7.29. The van der Waals surface area contributed by atoms with Crippen molar-refractivity contribution in [1.82, 2.24) is 19.9 Å². The van der Waals surface area contributed by atoms with Gasteiger partial charge in [0.25, 0.3) is 0 Å². The van der Waals surface area contributed by atoms with Crippen LogP contribution in [0.4, 0.5) is 5.69 Å². The summed E-state index contributed by atoms with van der Waals surface area (Å²) in [5.74, 6) is 2.29. The van der Waals surface area contributed by atoms with Gasteiger partial charge in [0.15, 0.2) is 17.3 Å². The third-order valence-corrected chi connectivity index (χ3v) is 13.2. The molecule has 0 unspecified atom stereocenters. The van der Waals surface area contributed by atoms with Crippen molar-refractivity contribution in [3.05, 3.63) is 211 Å². The molecule has 2 fully saturated rings. The van der Waals surface area contributed by atoms with Crippen LogP contribution in [0.25, 0.3) is 94.9 Å². The van der Waals surface area contributed by atoms with Gasteiger partial charge in [0.1, 0.15) is 0 Å². The van der Waals surface area contributed by atoms with Crippen molar-refractivity contribution in [3.63, 3.8) is 0 Å². The van der Waals surface area contributed by atoms with Crippen molar-refractivity contribution in [2.45, 2.75) is 37.5 Å². The maximum Gasteiger partial charge on any atom is 0.187 e. The van der Waals surface area contributed by atoms with Crippen LogP contribution in [0.2, 0.25) is 0 Å². The van der Waals surface area contributed by atoms with Crippen LogP contribution in [0, 0.1) is 12.5 Å². The molecule has 9 aromatic rings. The third-order valence-electron chi connectivity index (χ3n) is 13.2. The van der Waals surface area contributed by atoms with Gasteiger partial charge >= 0.3 is 0 Å². The minimum Gasteiger partial charge on any atom is -0.238 e. The Labute approximate surface area is 368 Å². The van der Waals surface area contributed by atoms with Crippen LogP contribution in [0.1, 0.15) is 37.7 Å². The van der Waals surface area contributed by atoms with Crippen molar-refractivity contribution in [3.8, 4) is 90.1 Å². The molecule has 0 saturated heterocycles. The molecule has 5 nitrogen and oxygen atoms in total. The lowest BCUT2D eigenvalue weighted by atomic mass is 9.77. The highest BCUT2D eigenvalue weighted by Gasteiger charge is 2.45. The highest BCUT2D eigenvalue weighted by Crippen LogP contribution is 2.55. The monoisotopic (exact) mass is 809 g/mol. The zero-order valence-electron chi connectivity index (χ0n) is 34.8. The molecule has 5 heteroatoms. The second-order valence-corrected chi connectivity index (χ2v) is 17.1. The SMILES string of the molecule is [C-]#[N+]c1ccc(-c2ccc(-c3cc(-c4cccc(-c5ccc(-c6cc(-c7cccc(C89CCC(CC8)C9)c7)nc(-c7ccccc7)n6)cc5)c4)nc(-c4ccccc4)n3)cc2)cc1. The summed E-state index contributed by atoms with van der Waals surface area (Å²) < 4.78 is 0. The summed E-state index contributed by atoms with van der Waals surface area (Å²) in [5, 5.41) is 0. The molecule has 300 valence electrons. The van der Waals surface area contributed by atoms with E-state index in [2.05, 4.69) is 138 Å². The summed E-state index contributed by atoms with van der Waals surface area (Å²) in [6.45, 7) is 7.29. The predicted octanol–water partition coefficient (Wildman–Crippen LogP) is 15.0. The van der Waals surface area contributed by atoms with Gasteiger partial charge in [-0.05, 0) is 95.5 Å². The largest absolute Gasteiger partial charge is 0.238 e. The Bertz CT molecular complexity index is 3130. The minimum atomic E-state index is 0.327. The lowest BCUT2D eigenvalue weighted by molar-refractivity contribution is 0.419. The summed E-state index contributed by atoms with van der Waals surface area (Å²) >= 11 is 0. The van der Waals surface area contributed by atoms with E-state index in [1.165, 1.54) is 37.7 Å². The zero-order chi connectivity index (χ0) is 42.2. The van der Waals surface area contributed by atoms with Gasteiger partial charge in [-0.15, -0.1) is 0 Å². The lowest BCUT2D eigenvalue weighted by Crippen LogP contribution is -2.19. The Morgan fingerprint density at radius 2 is 0.794 bits per heavy atom. The minimum absolute atomic E-state index is 0.327. The Morgan fingerprint density at radius 1 is 0.381 bits per heavy atom. The molecule has 2 saturated carbocycles. The molecule has 0 N–H and O–H groups in total. The van der Waals surface area contributed by atoms with Gasteiger partial charge in [-0.2, -0.15) is 0 Å². The molecule has 0 atom stereocenters. The van der Waals surface area contributed by atoms with Crippen LogP contribution in [0.3, 0.4) is 0 Å². The van der Waals surface area contributed by atoms with Gasteiger partial charge in [-0.25, -0.2) is 24.8 Å². The molecule has 2 bridgehead atoms. The number of hydrogen-bond donors (Lipinski definition) is 0. The van der Waals surface area contributed by atoms with Crippen molar-refractivity contribution in [1.29, 1.82) is 0 Å². The van der Waals surface area contributed by atoms with Crippen LogP contribution >= 0.6 is 0 Å². The number of benzene rings is 7. The van der Waals surface area contributed by atoms with E-state index in [0.717, 1.165) is 90.2 Å². The normalized spacial score (nSPS) is 16.5. The molecule has 2 aromatic heterocycles. The summed E-state index contributed by atoms with van der Waals surface area (Å²) in [4.78, 5) is 24.1. The first-order valence-corrected chi connectivity index (χ1v) is 21.9. The van der Waals surface area contributed by atoms with Crippen LogP contribution in [-0.2, 0) is 5.41 Å². The van der Waals surface area contributed by atoms with Crippen LogP contribution in [0.15, 0.2) is 194 Å². The van der Waals surface area contributed by atoms with Crippen molar-refractivity contribution < 1.29 is 0 Å². The molecule has 7 aromatic carbocycles. The summed E-state index contributed by atoms with van der Waals surface area (Å²) in [5.41, 5.74) is 16.5. The number of nitrogens with zero attached hydrogens (tertiary/aromatic N) is 5. The number of fused-ring (bicyclic) bond motifs is 2. The standard InChI is InChI=1S/C58H43N5/c1-59-51-28-26-41(27-29-51)40-18-22-43(23-19-40)52-36-54(62-56(60-52)45-10-4-2-5-11-45)48-15-8-14-47(34-48)42-20-24-44(25-21-42)53-37-55(63-57(61-53)46-12-6-3-7-13-46)49-16-9-17-50(35-49)58-32-30-39(38-58)31-33-58/h2-29,34-37,39H,30-33,38H2. The fourth-order valence-electron chi connectivity index (χ4n) is 9.78. The Morgan fingerprint density at radius 3 is 1.29 bits per heavy atom. The zero-order valence-corrected chi connectivity index (χ0v) is 34.8. The van der Waals surface area contributed by atoms with Gasteiger partial charge in [-0.1, -0.05) is 170 Å². The topological polar surface area (TPSA) is 55.9 Å². The van der Waals surface area contributed by atoms with E-state index in [0.29, 0.717) is 16.9 Å². The number of rotatable bonds is 9. The van der Waals surface area contributed by atoms with E-state index < -0.39 is 0 Å². The van der Waals surface area contributed by atoms with Crippen molar-refractivity contribution >= 4 is 5.69 Å². The van der Waals surface area contributed by atoms with Crippen LogP contribution in [0.5, 0.6) is 0 Å². The van der Waals surface area contributed by atoms with Gasteiger partial charge in [0.2, 0.25) is 0 Å². The highest BCUT2D eigenvalue weighted by molar-refractivity contribution is 5.79. The molecule has 0 spiro atoms. The Hall–Kier alpha value is -7.81. The molecule has 11 rings (SSSR count). The first-order valence-electron chi connectivity index (χ1n) is 21.9. The fourth-order valence-corrected chi connectivity index (χ4v) is 9.78. The second kappa shape index (κ2) is 16.2. The summed E-state index contributed by atoms with van der Waals surface area (Å²) in [7, 11) is 0. The van der Waals surface area contributed by atoms with Gasteiger partial charge in [-0.3, -0.25) is 0 Å². The Kier molecular flexibility index (Phi) is 9.82. The van der Waals surface area contributed by atoms with E-state index in [1.54, 1.807) is 0 Å². The quantitative estimate of drug-likeness (QED) is 0.136. The first kappa shape index (κ1) is 38.1. The smallest absolute Gasteiger partial charge is 0.187 e. The summed E-state index contributed by atoms with van der Waals surface area (Å²) in [6.07, 6.45) is 6.63. The molecule has 2 heterocycles. The first-order chi connectivity index (χ1) is 31.1. The van der Waals surface area contributed by atoms with E-state index >= 15 is 0 Å². The molecule has 0 radical (unpaired) electrons. The molecular formula is C58H43N5. The van der Waals surface area contributed by atoms with Crippen LogP contribution in [-0.4, -0.2) is 19.9 Å². The van der Waals surface area contributed by atoms with E-state index in [9.17, 15) is 0 Å². The molecular weight excluding hydrogens is 767 g/mol. The second-order valence-electron chi connectivity index (χ2n) is 17.1. The van der Waals surface area contributed by atoms with Crippen molar-refractivity contribution in [2.24, 2.45) is 5.92 Å². The van der Waals surface area contributed by atoms with Crippen molar-refractivity contribution in [2.75, 3.05) is 0 Å². The van der Waals surface area contributed by atoms with E-state index in [1.807, 2.05) is 60.7 Å². The third kappa shape index (κ3) is 7.62. The fraction of sp³-hybridized carbons (Fsp3) is 0.121. The average Bonchev–Trinajstić information content (AvgIpc) is 4.00. The van der Waals surface area contributed by atoms with Gasteiger partial charge in [0, 0.05) is 33.4 Å². The Balaban J connectivity index is 0.921. The maximum absolute atomic E-state index is 7.29. The molecule has 63 heavy (non-hydrogen) atoms. The molecule has 0 amide bonds. The van der Waals surface area contributed by atoms with Crippen LogP contribution < -0.4 is 0 Å². The summed E-state index contributed by atoms with van der Waals surface area (Å²) in [6, 6.07) is 67.3. The van der Waals surface area contributed by atoms with E-state index in [4.69, 9.17) is 26.5 Å². The predicted molar refractivity (Wildman–Crippen MR) is 256 cm³/mol. The van der Waals surface area contributed by atoms with E-state index in [-0.39, 0.29) is 0 Å². The average molecular weight is 810 g/mol. The number of aromatic nitrogens is 4. The highest BCUT2D eigenvalue weighted by atomic mass is 14.9. The van der Waals surface area contributed by atoms with Gasteiger partial charge in [0.05, 0.1) is 29.3 Å². The molecule has 2 aliphatic rings.